The number of para-hydroxylation sites is 1. The van der Waals surface area contributed by atoms with Gasteiger partial charge in [0.15, 0.2) is 0 Å². The van der Waals surface area contributed by atoms with E-state index in [4.69, 9.17) is 9.15 Å². The third-order valence-electron chi connectivity index (χ3n) is 7.24. The molecule has 0 fully saturated rings. The quantitative estimate of drug-likeness (QED) is 0.315. The molecule has 6 rings (SSSR count). The van der Waals surface area contributed by atoms with Gasteiger partial charge in [-0.25, -0.2) is 0 Å². The summed E-state index contributed by atoms with van der Waals surface area (Å²) in [4.78, 5) is 16.5. The predicted molar refractivity (Wildman–Crippen MR) is 138 cm³/mol. The van der Waals surface area contributed by atoms with E-state index in [9.17, 15) is 4.79 Å². The molecule has 0 saturated heterocycles. The molecule has 35 heavy (non-hydrogen) atoms. The summed E-state index contributed by atoms with van der Waals surface area (Å²) in [5.41, 5.74) is 7.97. The van der Waals surface area contributed by atoms with Crippen molar-refractivity contribution in [3.63, 3.8) is 0 Å². The van der Waals surface area contributed by atoms with Gasteiger partial charge in [-0.05, 0) is 71.8 Å². The van der Waals surface area contributed by atoms with Gasteiger partial charge in [0.1, 0.15) is 11.3 Å². The molecular formula is C30H28N2O3. The molecular weight excluding hydrogens is 436 g/mol. The van der Waals surface area contributed by atoms with Gasteiger partial charge < -0.3 is 19.5 Å². The Hall–Kier alpha value is -3.99. The Morgan fingerprint density at radius 1 is 1.06 bits per heavy atom. The van der Waals surface area contributed by atoms with E-state index in [1.54, 1.807) is 13.4 Å². The van der Waals surface area contributed by atoms with Crippen LogP contribution in [0.15, 0.2) is 77.5 Å². The first-order valence-corrected chi connectivity index (χ1v) is 12.2. The van der Waals surface area contributed by atoms with E-state index in [0.29, 0.717) is 13.0 Å². The number of rotatable bonds is 7. The highest BCUT2D eigenvalue weighted by molar-refractivity contribution is 5.89. The molecule has 3 aromatic carbocycles. The summed E-state index contributed by atoms with van der Waals surface area (Å²) >= 11 is 0. The number of hydrogen-bond acceptors (Lipinski definition) is 3. The van der Waals surface area contributed by atoms with Crippen LogP contribution < -0.4 is 10.1 Å². The standard InChI is InChI=1S/C30H28N2O3/c1-34-23-11-9-19(10-12-23)26(27-17-31-28-8-3-2-7-24(27)28)16-32-30(33)15-22-18-35-29-14-21-6-4-5-20(21)13-25(22)29/h2-3,7-14,17-18,26,31H,4-6,15-16H2,1H3,(H,32,33). The zero-order chi connectivity index (χ0) is 23.8. The van der Waals surface area contributed by atoms with Crippen LogP contribution in [0, 0.1) is 0 Å². The lowest BCUT2D eigenvalue weighted by atomic mass is 9.90. The number of benzene rings is 3. The van der Waals surface area contributed by atoms with Crippen LogP contribution in [0.1, 0.15) is 40.2 Å². The van der Waals surface area contributed by atoms with Gasteiger partial charge in [-0.2, -0.15) is 0 Å². The Balaban J connectivity index is 1.24. The molecule has 0 aliphatic heterocycles. The van der Waals surface area contributed by atoms with Crippen molar-refractivity contribution in [2.24, 2.45) is 0 Å². The van der Waals surface area contributed by atoms with Crippen LogP contribution in [0.3, 0.4) is 0 Å². The second-order valence-electron chi connectivity index (χ2n) is 9.33. The van der Waals surface area contributed by atoms with Crippen LogP contribution in [0.5, 0.6) is 5.75 Å². The zero-order valence-corrected chi connectivity index (χ0v) is 19.8. The Bertz CT molecular complexity index is 1510. The number of carbonyl (C=O) groups is 1. The highest BCUT2D eigenvalue weighted by atomic mass is 16.5. The maximum atomic E-state index is 13.1. The summed E-state index contributed by atoms with van der Waals surface area (Å²) in [5.74, 6) is 0.811. The van der Waals surface area contributed by atoms with Gasteiger partial charge >= 0.3 is 0 Å². The third-order valence-corrected chi connectivity index (χ3v) is 7.24. The molecule has 176 valence electrons. The zero-order valence-electron chi connectivity index (χ0n) is 19.8. The number of hydrogen-bond donors (Lipinski definition) is 2. The number of amides is 1. The lowest BCUT2D eigenvalue weighted by Gasteiger charge is -2.18. The molecule has 1 aliphatic rings. The van der Waals surface area contributed by atoms with Gasteiger partial charge in [-0.15, -0.1) is 0 Å². The van der Waals surface area contributed by atoms with Crippen molar-refractivity contribution < 1.29 is 13.9 Å². The number of furan rings is 1. The lowest BCUT2D eigenvalue weighted by molar-refractivity contribution is -0.120. The van der Waals surface area contributed by atoms with Gasteiger partial charge in [0.25, 0.3) is 0 Å². The van der Waals surface area contributed by atoms with Crippen molar-refractivity contribution >= 4 is 27.8 Å². The average molecular weight is 465 g/mol. The second kappa shape index (κ2) is 8.99. The van der Waals surface area contributed by atoms with E-state index in [2.05, 4.69) is 52.9 Å². The van der Waals surface area contributed by atoms with Gasteiger partial charge in [0.05, 0.1) is 19.8 Å². The number of ether oxygens (including phenoxy) is 1. The largest absolute Gasteiger partial charge is 0.497 e. The number of aromatic amines is 1. The highest BCUT2D eigenvalue weighted by Crippen LogP contribution is 2.32. The van der Waals surface area contributed by atoms with Crippen molar-refractivity contribution in [1.29, 1.82) is 0 Å². The maximum absolute atomic E-state index is 13.1. The van der Waals surface area contributed by atoms with E-state index in [1.807, 2.05) is 24.3 Å². The number of methoxy groups -OCH3 is 1. The minimum Gasteiger partial charge on any atom is -0.497 e. The van der Waals surface area contributed by atoms with E-state index in [1.165, 1.54) is 17.5 Å². The van der Waals surface area contributed by atoms with Crippen LogP contribution in [-0.2, 0) is 24.1 Å². The molecule has 0 saturated carbocycles. The van der Waals surface area contributed by atoms with Crippen LogP contribution in [0.4, 0.5) is 0 Å². The maximum Gasteiger partial charge on any atom is 0.224 e. The van der Waals surface area contributed by atoms with Crippen LogP contribution in [0.25, 0.3) is 21.9 Å². The summed E-state index contributed by atoms with van der Waals surface area (Å²) < 4.78 is 11.1. The molecule has 0 bridgehead atoms. The summed E-state index contributed by atoms with van der Waals surface area (Å²) in [6, 6.07) is 20.7. The molecule has 1 amide bonds. The fourth-order valence-corrected chi connectivity index (χ4v) is 5.36. The normalized spacial score (nSPS) is 13.7. The monoisotopic (exact) mass is 464 g/mol. The second-order valence-corrected chi connectivity index (χ2v) is 9.33. The lowest BCUT2D eigenvalue weighted by Crippen LogP contribution is -2.30. The minimum absolute atomic E-state index is 0.00497. The topological polar surface area (TPSA) is 67.3 Å². The molecule has 1 atom stereocenters. The van der Waals surface area contributed by atoms with Crippen LogP contribution >= 0.6 is 0 Å². The Labute approximate surface area is 204 Å². The molecule has 0 radical (unpaired) electrons. The summed E-state index contributed by atoms with van der Waals surface area (Å²) in [6.07, 6.45) is 7.50. The molecule has 0 spiro atoms. The minimum atomic E-state index is -0.00782. The van der Waals surface area contributed by atoms with E-state index in [0.717, 1.165) is 57.2 Å². The molecule has 2 heterocycles. The highest BCUT2D eigenvalue weighted by Gasteiger charge is 2.21. The summed E-state index contributed by atoms with van der Waals surface area (Å²) in [6.45, 7) is 0.498. The first-order chi connectivity index (χ1) is 17.2. The first-order valence-electron chi connectivity index (χ1n) is 12.2. The van der Waals surface area contributed by atoms with Crippen molar-refractivity contribution in [2.45, 2.75) is 31.6 Å². The first kappa shape index (κ1) is 21.5. The SMILES string of the molecule is COc1ccc(C(CNC(=O)Cc2coc3cc4c(cc23)CCC4)c2c[nH]c3ccccc23)cc1. The summed E-state index contributed by atoms with van der Waals surface area (Å²) in [5, 5.41) is 5.42. The molecule has 1 unspecified atom stereocenters. The molecule has 5 heteroatoms. The molecule has 2 aromatic heterocycles. The number of H-pyrrole nitrogens is 1. The van der Waals surface area contributed by atoms with Crippen molar-refractivity contribution in [3.05, 3.63) is 101 Å². The van der Waals surface area contributed by atoms with E-state index < -0.39 is 0 Å². The van der Waals surface area contributed by atoms with Crippen molar-refractivity contribution in [2.75, 3.05) is 13.7 Å². The van der Waals surface area contributed by atoms with Crippen molar-refractivity contribution in [3.8, 4) is 5.75 Å². The van der Waals surface area contributed by atoms with Crippen LogP contribution in [-0.4, -0.2) is 24.5 Å². The van der Waals surface area contributed by atoms with Crippen molar-refractivity contribution in [1.82, 2.24) is 10.3 Å². The van der Waals surface area contributed by atoms with Gasteiger partial charge in [0, 0.05) is 40.5 Å². The predicted octanol–water partition coefficient (Wildman–Crippen LogP) is 5.90. The molecule has 5 aromatic rings. The average Bonchev–Trinajstić information content (AvgIpc) is 3.62. The fourth-order valence-electron chi connectivity index (χ4n) is 5.36. The third kappa shape index (κ3) is 4.08. The molecule has 2 N–H and O–H groups in total. The Kier molecular flexibility index (Phi) is 5.53. The number of fused-ring (bicyclic) bond motifs is 3. The fraction of sp³-hybridized carbons (Fsp3) is 0.233. The number of aryl methyl sites for hydroxylation is 2. The van der Waals surface area contributed by atoms with Gasteiger partial charge in [-0.3, -0.25) is 4.79 Å². The smallest absolute Gasteiger partial charge is 0.224 e. The number of aromatic nitrogens is 1. The molecule has 1 aliphatic carbocycles. The van der Waals surface area contributed by atoms with Crippen LogP contribution in [0.2, 0.25) is 0 Å². The Morgan fingerprint density at radius 2 is 1.86 bits per heavy atom. The Morgan fingerprint density at radius 3 is 2.69 bits per heavy atom. The number of carbonyl (C=O) groups excluding carboxylic acids is 1. The molecule has 5 nitrogen and oxygen atoms in total. The van der Waals surface area contributed by atoms with Gasteiger partial charge in [-0.1, -0.05) is 30.3 Å². The van der Waals surface area contributed by atoms with E-state index in [-0.39, 0.29) is 11.8 Å². The summed E-state index contributed by atoms with van der Waals surface area (Å²) in [7, 11) is 1.67. The van der Waals surface area contributed by atoms with Gasteiger partial charge in [0.2, 0.25) is 5.91 Å². The number of nitrogens with one attached hydrogen (secondary N) is 2. The van der Waals surface area contributed by atoms with E-state index >= 15 is 0 Å².